The lowest BCUT2D eigenvalue weighted by molar-refractivity contribution is 0.583. The fraction of sp³-hybridized carbons (Fsp3) is 0.227. The van der Waals surface area contributed by atoms with Crippen molar-refractivity contribution in [2.24, 2.45) is 0 Å². The molecule has 5 nitrogen and oxygen atoms in total. The Kier molecular flexibility index (Phi) is 5.45. The number of rotatable bonds is 6. The van der Waals surface area contributed by atoms with E-state index in [1.54, 1.807) is 34.9 Å². The first-order valence-corrected chi connectivity index (χ1v) is 9.95. The number of hydrogen-bond acceptors (Lipinski definition) is 3. The predicted octanol–water partition coefficient (Wildman–Crippen LogP) is 5.21. The number of unbranched alkanes of at least 4 members (excludes halogenated alkanes) is 2. The van der Waals surface area contributed by atoms with Crippen molar-refractivity contribution in [1.82, 2.24) is 18.9 Å². The average Bonchev–Trinajstić information content (AvgIpc) is 3.17. The van der Waals surface area contributed by atoms with Crippen molar-refractivity contribution < 1.29 is 4.39 Å². The van der Waals surface area contributed by atoms with E-state index in [2.05, 4.69) is 11.9 Å². The predicted molar refractivity (Wildman–Crippen MR) is 113 cm³/mol. The molecule has 0 aliphatic rings. The number of benzene rings is 1. The minimum absolute atomic E-state index is 0.196. The molecule has 0 radical (unpaired) electrons. The zero-order valence-electron chi connectivity index (χ0n) is 16.0. The SMILES string of the molecule is CCCCCn1c(-c2ccc(F)nc2)cc(=O)n2cc(-c3ccc(Cl)cc3)nc12. The third-order valence-electron chi connectivity index (χ3n) is 4.87. The molecule has 0 spiro atoms. The number of imidazole rings is 1. The van der Waals surface area contributed by atoms with Crippen molar-refractivity contribution in [2.45, 2.75) is 32.7 Å². The monoisotopic (exact) mass is 410 g/mol. The Morgan fingerprint density at radius 3 is 2.52 bits per heavy atom. The highest BCUT2D eigenvalue weighted by Crippen LogP contribution is 2.24. The number of pyridine rings is 1. The lowest BCUT2D eigenvalue weighted by atomic mass is 10.2. The quantitative estimate of drug-likeness (QED) is 0.324. The Balaban J connectivity index is 1.90. The lowest BCUT2D eigenvalue weighted by Crippen LogP contribution is -2.18. The first-order valence-electron chi connectivity index (χ1n) is 9.57. The molecule has 148 valence electrons. The Labute approximate surface area is 172 Å². The van der Waals surface area contributed by atoms with Gasteiger partial charge in [-0.3, -0.25) is 9.20 Å². The maximum absolute atomic E-state index is 13.3. The van der Waals surface area contributed by atoms with E-state index in [1.807, 2.05) is 16.7 Å². The lowest BCUT2D eigenvalue weighted by Gasteiger charge is -2.14. The fourth-order valence-electron chi connectivity index (χ4n) is 3.36. The molecule has 4 aromatic rings. The maximum Gasteiger partial charge on any atom is 0.259 e. The second kappa shape index (κ2) is 8.17. The molecule has 0 saturated carbocycles. The van der Waals surface area contributed by atoms with E-state index < -0.39 is 5.95 Å². The molecule has 0 fully saturated rings. The molecule has 0 atom stereocenters. The van der Waals surface area contributed by atoms with Gasteiger partial charge >= 0.3 is 0 Å². The fourth-order valence-corrected chi connectivity index (χ4v) is 3.49. The number of halogens is 2. The maximum atomic E-state index is 13.3. The zero-order chi connectivity index (χ0) is 20.4. The molecule has 0 aliphatic heterocycles. The van der Waals surface area contributed by atoms with Crippen molar-refractivity contribution in [3.8, 4) is 22.5 Å². The van der Waals surface area contributed by atoms with Crippen LogP contribution in [-0.2, 0) is 6.54 Å². The van der Waals surface area contributed by atoms with E-state index in [4.69, 9.17) is 16.6 Å². The molecule has 0 saturated heterocycles. The molecule has 0 amide bonds. The van der Waals surface area contributed by atoms with Crippen LogP contribution < -0.4 is 5.56 Å². The summed E-state index contributed by atoms with van der Waals surface area (Å²) in [6.45, 7) is 2.83. The number of aromatic nitrogens is 4. The summed E-state index contributed by atoms with van der Waals surface area (Å²) in [4.78, 5) is 21.3. The molecule has 3 heterocycles. The second-order valence-corrected chi connectivity index (χ2v) is 7.34. The van der Waals surface area contributed by atoms with Gasteiger partial charge in [0.15, 0.2) is 0 Å². The van der Waals surface area contributed by atoms with Crippen LogP contribution in [-0.4, -0.2) is 18.9 Å². The van der Waals surface area contributed by atoms with E-state index in [0.717, 1.165) is 24.8 Å². The molecule has 1 aromatic carbocycles. The van der Waals surface area contributed by atoms with Crippen molar-refractivity contribution in [3.05, 3.63) is 76.2 Å². The number of hydrogen-bond donors (Lipinski definition) is 0. The molecule has 0 N–H and O–H groups in total. The van der Waals surface area contributed by atoms with Crippen LogP contribution in [0.25, 0.3) is 28.3 Å². The smallest absolute Gasteiger partial charge is 0.259 e. The van der Waals surface area contributed by atoms with E-state index in [0.29, 0.717) is 34.3 Å². The Bertz CT molecular complexity index is 1200. The van der Waals surface area contributed by atoms with Gasteiger partial charge in [0.05, 0.1) is 11.4 Å². The van der Waals surface area contributed by atoms with Gasteiger partial charge in [0, 0.05) is 41.2 Å². The van der Waals surface area contributed by atoms with Gasteiger partial charge in [-0.25, -0.2) is 9.97 Å². The van der Waals surface area contributed by atoms with Crippen molar-refractivity contribution in [3.63, 3.8) is 0 Å². The van der Waals surface area contributed by atoms with Crippen LogP contribution in [0.3, 0.4) is 0 Å². The first-order chi connectivity index (χ1) is 14.1. The zero-order valence-corrected chi connectivity index (χ0v) is 16.7. The van der Waals surface area contributed by atoms with Crippen LogP contribution in [0.2, 0.25) is 5.02 Å². The van der Waals surface area contributed by atoms with Gasteiger partial charge < -0.3 is 4.57 Å². The highest BCUT2D eigenvalue weighted by Gasteiger charge is 2.15. The summed E-state index contributed by atoms with van der Waals surface area (Å²) in [6, 6.07) is 11.8. The number of fused-ring (bicyclic) bond motifs is 1. The van der Waals surface area contributed by atoms with Crippen LogP contribution >= 0.6 is 11.6 Å². The van der Waals surface area contributed by atoms with Crippen molar-refractivity contribution in [1.29, 1.82) is 0 Å². The van der Waals surface area contributed by atoms with Gasteiger partial charge in [-0.15, -0.1) is 0 Å². The summed E-state index contributed by atoms with van der Waals surface area (Å²) in [5.74, 6) is -0.00146. The molecular formula is C22H20ClFN4O. The van der Waals surface area contributed by atoms with Crippen LogP contribution in [0.15, 0.2) is 59.7 Å². The molecule has 3 aromatic heterocycles. The number of aryl methyl sites for hydroxylation is 1. The van der Waals surface area contributed by atoms with Gasteiger partial charge in [0.2, 0.25) is 11.7 Å². The normalized spacial score (nSPS) is 11.3. The van der Waals surface area contributed by atoms with Gasteiger partial charge in [0.25, 0.3) is 5.56 Å². The standard InChI is InChI=1S/C22H20ClFN4O/c1-2-3-4-11-27-19(16-7-10-20(24)25-13-16)12-21(29)28-14-18(26-22(27)28)15-5-8-17(23)9-6-15/h5-10,12-14H,2-4,11H2,1H3. The van der Waals surface area contributed by atoms with Gasteiger partial charge in [-0.2, -0.15) is 4.39 Å². The van der Waals surface area contributed by atoms with Crippen LogP contribution in [0.4, 0.5) is 4.39 Å². The second-order valence-electron chi connectivity index (χ2n) is 6.90. The highest BCUT2D eigenvalue weighted by molar-refractivity contribution is 6.30. The van der Waals surface area contributed by atoms with Crippen LogP contribution in [0.1, 0.15) is 26.2 Å². The average molecular weight is 411 g/mol. The molecule has 4 rings (SSSR count). The summed E-state index contributed by atoms with van der Waals surface area (Å²) in [6.07, 6.45) is 6.27. The van der Waals surface area contributed by atoms with Crippen LogP contribution in [0.5, 0.6) is 0 Å². The van der Waals surface area contributed by atoms with E-state index in [9.17, 15) is 9.18 Å². The first kappa shape index (κ1) is 19.3. The Morgan fingerprint density at radius 2 is 1.83 bits per heavy atom. The minimum atomic E-state index is -0.555. The van der Waals surface area contributed by atoms with Crippen molar-refractivity contribution in [2.75, 3.05) is 0 Å². The Morgan fingerprint density at radius 1 is 1.07 bits per heavy atom. The van der Waals surface area contributed by atoms with Gasteiger partial charge in [-0.1, -0.05) is 43.5 Å². The summed E-state index contributed by atoms with van der Waals surface area (Å²) in [5.41, 5.74) is 2.73. The molecule has 7 heteroatoms. The topological polar surface area (TPSA) is 52.2 Å². The van der Waals surface area contributed by atoms with Crippen molar-refractivity contribution >= 4 is 17.4 Å². The molecule has 29 heavy (non-hydrogen) atoms. The minimum Gasteiger partial charge on any atom is -0.311 e. The summed E-state index contributed by atoms with van der Waals surface area (Å²) in [7, 11) is 0. The third-order valence-corrected chi connectivity index (χ3v) is 5.12. The van der Waals surface area contributed by atoms with E-state index >= 15 is 0 Å². The van der Waals surface area contributed by atoms with Gasteiger partial charge in [0.1, 0.15) is 0 Å². The Hall–Kier alpha value is -2.99. The van der Waals surface area contributed by atoms with E-state index in [-0.39, 0.29) is 5.56 Å². The van der Waals surface area contributed by atoms with E-state index in [1.165, 1.54) is 12.3 Å². The van der Waals surface area contributed by atoms with Crippen LogP contribution in [0, 0.1) is 5.95 Å². The third kappa shape index (κ3) is 3.93. The summed E-state index contributed by atoms with van der Waals surface area (Å²) >= 11 is 5.99. The van der Waals surface area contributed by atoms with Gasteiger partial charge in [-0.05, 0) is 30.7 Å². The summed E-state index contributed by atoms with van der Waals surface area (Å²) in [5, 5.41) is 0.641. The molecule has 0 unspecified atom stereocenters. The number of nitrogens with zero attached hydrogens (tertiary/aromatic N) is 4. The molecule has 0 aliphatic carbocycles. The molecule has 0 bridgehead atoms. The summed E-state index contributed by atoms with van der Waals surface area (Å²) < 4.78 is 16.9. The molecular weight excluding hydrogens is 391 g/mol. The largest absolute Gasteiger partial charge is 0.311 e. The highest BCUT2D eigenvalue weighted by atomic mass is 35.5.